The summed E-state index contributed by atoms with van der Waals surface area (Å²) in [6.45, 7) is 3.29. The molecule has 0 aliphatic heterocycles. The smallest absolute Gasteiger partial charge is 0.324 e. The minimum atomic E-state index is -4.66. The Kier molecular flexibility index (Phi) is 4.24. The average molecular weight is 347 g/mol. The molecule has 0 aliphatic carbocycles. The van der Waals surface area contributed by atoms with E-state index in [1.165, 1.54) is 19.1 Å². The number of rotatable bonds is 3. The number of imidazole rings is 1. The van der Waals surface area contributed by atoms with Gasteiger partial charge < -0.3 is 9.88 Å². The Labute approximate surface area is 142 Å². The minimum Gasteiger partial charge on any atom is -0.324 e. The van der Waals surface area contributed by atoms with Crippen LogP contribution in [0.25, 0.3) is 11.0 Å². The molecule has 0 bridgehead atoms. The first-order valence-corrected chi connectivity index (χ1v) is 7.69. The Morgan fingerprint density at radius 1 is 1.16 bits per heavy atom. The van der Waals surface area contributed by atoms with Gasteiger partial charge in [0.05, 0.1) is 11.0 Å². The number of alkyl halides is 3. The zero-order chi connectivity index (χ0) is 18.2. The average Bonchev–Trinajstić information content (AvgIpc) is 2.94. The van der Waals surface area contributed by atoms with Crippen LogP contribution in [0.5, 0.6) is 0 Å². The number of anilines is 1. The Bertz CT molecular complexity index is 931. The maximum atomic E-state index is 13.4. The second-order valence-corrected chi connectivity index (χ2v) is 5.83. The van der Waals surface area contributed by atoms with Crippen LogP contribution in [0.1, 0.15) is 24.4 Å². The molecule has 0 saturated carbocycles. The predicted octanol–water partition coefficient (Wildman–Crippen LogP) is 4.56. The topological polar surface area (TPSA) is 46.9 Å². The number of hydrogen-bond acceptors (Lipinski definition) is 2. The van der Waals surface area contributed by atoms with E-state index < -0.39 is 23.9 Å². The summed E-state index contributed by atoms with van der Waals surface area (Å²) in [6.07, 6.45) is -4.66. The van der Waals surface area contributed by atoms with E-state index in [0.29, 0.717) is 5.69 Å². The number of aryl methyl sites for hydroxylation is 1. The van der Waals surface area contributed by atoms with E-state index in [0.717, 1.165) is 10.1 Å². The van der Waals surface area contributed by atoms with Crippen LogP contribution in [0.3, 0.4) is 0 Å². The lowest BCUT2D eigenvalue weighted by Crippen LogP contribution is -2.27. The SMILES string of the molecule is Cc1cccc(NC(=O)C(C)n2c(C(F)(F)F)nc3ccccc32)c1. The van der Waals surface area contributed by atoms with Crippen LogP contribution in [0.15, 0.2) is 48.5 Å². The molecule has 1 N–H and O–H groups in total. The van der Waals surface area contributed by atoms with Crippen molar-refractivity contribution in [2.75, 3.05) is 5.32 Å². The van der Waals surface area contributed by atoms with E-state index in [1.54, 1.807) is 30.3 Å². The van der Waals surface area contributed by atoms with Crippen molar-refractivity contribution in [3.05, 3.63) is 59.9 Å². The predicted molar refractivity (Wildman–Crippen MR) is 89.3 cm³/mol. The third-order valence-electron chi connectivity index (χ3n) is 3.90. The summed E-state index contributed by atoms with van der Waals surface area (Å²) >= 11 is 0. The molecule has 4 nitrogen and oxygen atoms in total. The molecule has 1 heterocycles. The Balaban J connectivity index is 2.01. The van der Waals surface area contributed by atoms with Gasteiger partial charge in [-0.15, -0.1) is 0 Å². The van der Waals surface area contributed by atoms with Gasteiger partial charge in [0, 0.05) is 5.69 Å². The van der Waals surface area contributed by atoms with Gasteiger partial charge in [-0.3, -0.25) is 4.79 Å². The summed E-state index contributed by atoms with van der Waals surface area (Å²) in [7, 11) is 0. The lowest BCUT2D eigenvalue weighted by molar-refractivity contribution is -0.148. The number of para-hydroxylation sites is 2. The molecule has 1 unspecified atom stereocenters. The van der Waals surface area contributed by atoms with Gasteiger partial charge in [-0.1, -0.05) is 24.3 Å². The summed E-state index contributed by atoms with van der Waals surface area (Å²) in [5.41, 5.74) is 1.94. The number of nitrogens with zero attached hydrogens (tertiary/aromatic N) is 2. The Morgan fingerprint density at radius 3 is 2.56 bits per heavy atom. The summed E-state index contributed by atoms with van der Waals surface area (Å²) in [6, 6.07) is 12.2. The summed E-state index contributed by atoms with van der Waals surface area (Å²) in [5, 5.41) is 2.66. The van der Waals surface area contributed by atoms with Crippen molar-refractivity contribution in [1.82, 2.24) is 9.55 Å². The van der Waals surface area contributed by atoms with E-state index in [9.17, 15) is 18.0 Å². The molecule has 0 aliphatic rings. The minimum absolute atomic E-state index is 0.199. The van der Waals surface area contributed by atoms with E-state index in [4.69, 9.17) is 0 Å². The Morgan fingerprint density at radius 2 is 1.88 bits per heavy atom. The van der Waals surface area contributed by atoms with Crippen LogP contribution in [0.4, 0.5) is 18.9 Å². The second kappa shape index (κ2) is 6.23. The van der Waals surface area contributed by atoms with Crippen molar-refractivity contribution in [3.63, 3.8) is 0 Å². The van der Waals surface area contributed by atoms with Gasteiger partial charge in [0.2, 0.25) is 11.7 Å². The maximum absolute atomic E-state index is 13.4. The highest BCUT2D eigenvalue weighted by Crippen LogP contribution is 2.34. The van der Waals surface area contributed by atoms with Gasteiger partial charge in [-0.25, -0.2) is 4.98 Å². The zero-order valence-corrected chi connectivity index (χ0v) is 13.6. The van der Waals surface area contributed by atoms with E-state index in [-0.39, 0.29) is 11.0 Å². The molecule has 3 rings (SSSR count). The number of amides is 1. The first-order valence-electron chi connectivity index (χ1n) is 7.69. The van der Waals surface area contributed by atoms with E-state index in [1.807, 2.05) is 13.0 Å². The van der Waals surface area contributed by atoms with Gasteiger partial charge >= 0.3 is 6.18 Å². The van der Waals surface area contributed by atoms with Gasteiger partial charge in [-0.2, -0.15) is 13.2 Å². The van der Waals surface area contributed by atoms with Crippen LogP contribution in [0.2, 0.25) is 0 Å². The third kappa shape index (κ3) is 3.35. The molecular weight excluding hydrogens is 331 g/mol. The van der Waals surface area contributed by atoms with Gasteiger partial charge in [-0.05, 0) is 43.7 Å². The highest BCUT2D eigenvalue weighted by Gasteiger charge is 2.39. The quantitative estimate of drug-likeness (QED) is 0.755. The lowest BCUT2D eigenvalue weighted by atomic mass is 10.2. The van der Waals surface area contributed by atoms with Crippen LogP contribution in [-0.4, -0.2) is 15.5 Å². The molecule has 0 radical (unpaired) electrons. The molecule has 1 aromatic heterocycles. The number of fused-ring (bicyclic) bond motifs is 1. The van der Waals surface area contributed by atoms with Crippen molar-refractivity contribution in [2.45, 2.75) is 26.1 Å². The number of hydrogen-bond donors (Lipinski definition) is 1. The number of halogens is 3. The molecule has 0 saturated heterocycles. The van der Waals surface area contributed by atoms with Gasteiger partial charge in [0.25, 0.3) is 0 Å². The summed E-state index contributed by atoms with van der Waals surface area (Å²) < 4.78 is 41.1. The van der Waals surface area contributed by atoms with Crippen LogP contribution in [-0.2, 0) is 11.0 Å². The molecule has 7 heteroatoms. The molecule has 130 valence electrons. The third-order valence-corrected chi connectivity index (χ3v) is 3.90. The zero-order valence-electron chi connectivity index (χ0n) is 13.6. The number of carbonyl (C=O) groups is 1. The van der Waals surface area contributed by atoms with E-state index >= 15 is 0 Å². The number of carbonyl (C=O) groups excluding carboxylic acids is 1. The highest BCUT2D eigenvalue weighted by atomic mass is 19.4. The van der Waals surface area contributed by atoms with Gasteiger partial charge in [0.15, 0.2) is 0 Å². The molecule has 0 spiro atoms. The van der Waals surface area contributed by atoms with Crippen molar-refractivity contribution >= 4 is 22.6 Å². The molecule has 2 aromatic carbocycles. The first kappa shape index (κ1) is 17.0. The number of benzene rings is 2. The fourth-order valence-electron chi connectivity index (χ4n) is 2.72. The fraction of sp³-hybridized carbons (Fsp3) is 0.222. The lowest BCUT2D eigenvalue weighted by Gasteiger charge is -2.18. The standard InChI is InChI=1S/C18H16F3N3O/c1-11-6-5-7-13(10-11)22-16(25)12(2)24-15-9-4-3-8-14(15)23-17(24)18(19,20)21/h3-10,12H,1-2H3,(H,22,25). The maximum Gasteiger partial charge on any atom is 0.449 e. The molecule has 1 amide bonds. The molecule has 25 heavy (non-hydrogen) atoms. The van der Waals surface area contributed by atoms with Crippen molar-refractivity contribution in [1.29, 1.82) is 0 Å². The van der Waals surface area contributed by atoms with Crippen molar-refractivity contribution in [2.24, 2.45) is 0 Å². The Hall–Kier alpha value is -2.83. The van der Waals surface area contributed by atoms with E-state index in [2.05, 4.69) is 10.3 Å². The monoisotopic (exact) mass is 347 g/mol. The first-order chi connectivity index (χ1) is 11.8. The second-order valence-electron chi connectivity index (χ2n) is 5.83. The number of aromatic nitrogens is 2. The summed E-state index contributed by atoms with van der Waals surface area (Å²) in [5.74, 6) is -1.63. The number of nitrogens with one attached hydrogen (secondary N) is 1. The molecule has 0 fully saturated rings. The highest BCUT2D eigenvalue weighted by molar-refractivity contribution is 5.94. The van der Waals surface area contributed by atoms with Gasteiger partial charge in [0.1, 0.15) is 6.04 Å². The van der Waals surface area contributed by atoms with Crippen LogP contribution in [0, 0.1) is 6.92 Å². The molecular formula is C18H16F3N3O. The molecule has 1 atom stereocenters. The summed E-state index contributed by atoms with van der Waals surface area (Å²) in [4.78, 5) is 16.2. The largest absolute Gasteiger partial charge is 0.449 e. The fourth-order valence-corrected chi connectivity index (χ4v) is 2.72. The van der Waals surface area contributed by atoms with Crippen LogP contribution < -0.4 is 5.32 Å². The van der Waals surface area contributed by atoms with Crippen molar-refractivity contribution in [3.8, 4) is 0 Å². The normalized spacial score (nSPS) is 13.0. The van der Waals surface area contributed by atoms with Crippen molar-refractivity contribution < 1.29 is 18.0 Å². The van der Waals surface area contributed by atoms with Crippen LogP contribution >= 0.6 is 0 Å². The molecule has 3 aromatic rings.